The minimum atomic E-state index is -0.725. The van der Waals surface area contributed by atoms with Gasteiger partial charge in [-0.25, -0.2) is 0 Å². The van der Waals surface area contributed by atoms with Crippen LogP contribution < -0.4 is 5.32 Å². The van der Waals surface area contributed by atoms with E-state index in [0.717, 1.165) is 42.4 Å². The summed E-state index contributed by atoms with van der Waals surface area (Å²) in [4.78, 5) is 28.1. The largest absolute Gasteiger partial charge is 0.351 e. The van der Waals surface area contributed by atoms with E-state index in [0.29, 0.717) is 18.0 Å². The average Bonchev–Trinajstić information content (AvgIpc) is 2.78. The maximum atomic E-state index is 13.5. The maximum absolute atomic E-state index is 13.5. The molecule has 1 N–H and O–H groups in total. The highest BCUT2D eigenvalue weighted by atomic mass is 35.5. The molecule has 0 aliphatic heterocycles. The van der Waals surface area contributed by atoms with E-state index in [1.807, 2.05) is 55.5 Å². The van der Waals surface area contributed by atoms with E-state index < -0.39 is 6.04 Å². The summed E-state index contributed by atoms with van der Waals surface area (Å²) in [7, 11) is 0. The standard InChI is InChI=1S/C25H30Cl2N2O2/c1-18-9-5-7-13-21(18)24(25(31)28-20-11-3-2-4-12-20)29(23(30)17-26)16-15-19-10-6-8-14-22(19)27/h5-10,13-14,20,24H,2-4,11-12,15-17H2,1H3,(H,28,31)/t24-/m1/s1. The highest BCUT2D eigenvalue weighted by Crippen LogP contribution is 2.27. The molecule has 1 fully saturated rings. The number of hydrogen-bond donors (Lipinski definition) is 1. The molecule has 0 heterocycles. The van der Waals surface area contributed by atoms with Crippen molar-refractivity contribution in [3.05, 3.63) is 70.2 Å². The molecular weight excluding hydrogens is 431 g/mol. The fourth-order valence-electron chi connectivity index (χ4n) is 4.29. The van der Waals surface area contributed by atoms with E-state index in [1.54, 1.807) is 4.90 Å². The first-order valence-electron chi connectivity index (χ1n) is 11.0. The van der Waals surface area contributed by atoms with Gasteiger partial charge in [-0.2, -0.15) is 0 Å². The van der Waals surface area contributed by atoms with Crippen LogP contribution in [0.3, 0.4) is 0 Å². The molecule has 2 aromatic carbocycles. The molecule has 0 radical (unpaired) electrons. The molecule has 0 saturated heterocycles. The van der Waals surface area contributed by atoms with Crippen molar-refractivity contribution in [2.45, 2.75) is 57.5 Å². The van der Waals surface area contributed by atoms with Crippen LogP contribution in [0.25, 0.3) is 0 Å². The highest BCUT2D eigenvalue weighted by Gasteiger charge is 2.33. The van der Waals surface area contributed by atoms with Crippen LogP contribution in [0.5, 0.6) is 0 Å². The molecule has 4 nitrogen and oxygen atoms in total. The van der Waals surface area contributed by atoms with E-state index in [-0.39, 0.29) is 23.7 Å². The number of carbonyl (C=O) groups is 2. The van der Waals surface area contributed by atoms with Gasteiger partial charge in [0.2, 0.25) is 11.8 Å². The van der Waals surface area contributed by atoms with Gasteiger partial charge < -0.3 is 10.2 Å². The summed E-state index contributed by atoms with van der Waals surface area (Å²) >= 11 is 12.3. The number of alkyl halides is 1. The average molecular weight is 461 g/mol. The Kier molecular flexibility index (Phi) is 8.79. The fourth-order valence-corrected chi connectivity index (χ4v) is 4.67. The Hall–Kier alpha value is -2.04. The number of nitrogens with one attached hydrogen (secondary N) is 1. The first kappa shape index (κ1) is 23.6. The maximum Gasteiger partial charge on any atom is 0.247 e. The predicted molar refractivity (Wildman–Crippen MR) is 127 cm³/mol. The molecule has 1 saturated carbocycles. The third kappa shape index (κ3) is 6.24. The quantitative estimate of drug-likeness (QED) is 0.532. The van der Waals surface area contributed by atoms with Crippen LogP contribution in [0.2, 0.25) is 5.02 Å². The van der Waals surface area contributed by atoms with Crippen molar-refractivity contribution >= 4 is 35.0 Å². The number of benzene rings is 2. The lowest BCUT2D eigenvalue weighted by Crippen LogP contribution is -2.48. The molecule has 1 aliphatic rings. The van der Waals surface area contributed by atoms with Gasteiger partial charge in [0, 0.05) is 17.6 Å². The Morgan fingerprint density at radius 3 is 2.42 bits per heavy atom. The lowest BCUT2D eigenvalue weighted by Gasteiger charge is -2.34. The molecule has 31 heavy (non-hydrogen) atoms. The molecule has 2 amide bonds. The molecular formula is C25H30Cl2N2O2. The van der Waals surface area contributed by atoms with Crippen molar-refractivity contribution < 1.29 is 9.59 Å². The van der Waals surface area contributed by atoms with Gasteiger partial charge in [-0.3, -0.25) is 9.59 Å². The van der Waals surface area contributed by atoms with Crippen molar-refractivity contribution in [2.24, 2.45) is 0 Å². The number of halogens is 2. The van der Waals surface area contributed by atoms with Crippen molar-refractivity contribution in [3.63, 3.8) is 0 Å². The van der Waals surface area contributed by atoms with Gasteiger partial charge >= 0.3 is 0 Å². The zero-order chi connectivity index (χ0) is 22.2. The number of nitrogens with zero attached hydrogens (tertiary/aromatic N) is 1. The summed E-state index contributed by atoms with van der Waals surface area (Å²) in [5, 5.41) is 3.86. The Bertz CT molecular complexity index is 897. The third-order valence-electron chi connectivity index (χ3n) is 6.01. The molecule has 0 spiro atoms. The molecule has 166 valence electrons. The summed E-state index contributed by atoms with van der Waals surface area (Å²) in [6.07, 6.45) is 5.96. The van der Waals surface area contributed by atoms with Crippen LogP contribution in [-0.4, -0.2) is 35.2 Å². The molecule has 0 aromatic heterocycles. The molecule has 0 unspecified atom stereocenters. The van der Waals surface area contributed by atoms with Gasteiger partial charge in [0.05, 0.1) is 0 Å². The molecule has 3 rings (SSSR count). The van der Waals surface area contributed by atoms with E-state index in [4.69, 9.17) is 23.2 Å². The first-order valence-corrected chi connectivity index (χ1v) is 11.9. The molecule has 0 bridgehead atoms. The SMILES string of the molecule is Cc1ccccc1[C@H](C(=O)NC1CCCCC1)N(CCc1ccccc1Cl)C(=O)CCl. The van der Waals surface area contributed by atoms with Crippen molar-refractivity contribution in [3.8, 4) is 0 Å². The van der Waals surface area contributed by atoms with Gasteiger partial charge in [0.25, 0.3) is 0 Å². The van der Waals surface area contributed by atoms with Gasteiger partial charge in [-0.1, -0.05) is 73.3 Å². The van der Waals surface area contributed by atoms with E-state index in [1.165, 1.54) is 6.42 Å². The topological polar surface area (TPSA) is 49.4 Å². The Labute approximate surface area is 194 Å². The summed E-state index contributed by atoms with van der Waals surface area (Å²) in [5.41, 5.74) is 2.73. The number of hydrogen-bond acceptors (Lipinski definition) is 2. The number of aryl methyl sites for hydroxylation is 1. The third-order valence-corrected chi connectivity index (χ3v) is 6.61. The fraction of sp³-hybridized carbons (Fsp3) is 0.440. The summed E-state index contributed by atoms with van der Waals surface area (Å²) in [5.74, 6) is -0.582. The zero-order valence-electron chi connectivity index (χ0n) is 17.9. The van der Waals surface area contributed by atoms with Gasteiger partial charge in [-0.05, 0) is 48.9 Å². The van der Waals surface area contributed by atoms with Crippen LogP contribution in [0, 0.1) is 6.92 Å². The minimum Gasteiger partial charge on any atom is -0.351 e. The van der Waals surface area contributed by atoms with Crippen LogP contribution in [0.15, 0.2) is 48.5 Å². The molecule has 6 heteroatoms. The normalized spacial score (nSPS) is 15.3. The van der Waals surface area contributed by atoms with Gasteiger partial charge in [-0.15, -0.1) is 11.6 Å². The van der Waals surface area contributed by atoms with E-state index >= 15 is 0 Å². The second-order valence-electron chi connectivity index (χ2n) is 8.16. The van der Waals surface area contributed by atoms with Crippen molar-refractivity contribution in [1.29, 1.82) is 0 Å². The molecule has 2 aromatic rings. The summed E-state index contributed by atoms with van der Waals surface area (Å²) in [6, 6.07) is 14.7. The Morgan fingerprint density at radius 1 is 1.06 bits per heavy atom. The minimum absolute atomic E-state index is 0.140. The number of amides is 2. The zero-order valence-corrected chi connectivity index (χ0v) is 19.5. The van der Waals surface area contributed by atoms with Crippen LogP contribution in [0.1, 0.15) is 54.8 Å². The van der Waals surface area contributed by atoms with Gasteiger partial charge in [0.1, 0.15) is 11.9 Å². The lowest BCUT2D eigenvalue weighted by atomic mass is 9.94. The summed E-state index contributed by atoms with van der Waals surface area (Å²) < 4.78 is 0. The van der Waals surface area contributed by atoms with Crippen LogP contribution >= 0.6 is 23.2 Å². The van der Waals surface area contributed by atoms with Crippen LogP contribution in [0.4, 0.5) is 0 Å². The highest BCUT2D eigenvalue weighted by molar-refractivity contribution is 6.31. The Balaban J connectivity index is 1.90. The smallest absolute Gasteiger partial charge is 0.247 e. The monoisotopic (exact) mass is 460 g/mol. The van der Waals surface area contributed by atoms with Crippen molar-refractivity contribution in [2.75, 3.05) is 12.4 Å². The molecule has 1 atom stereocenters. The van der Waals surface area contributed by atoms with Crippen molar-refractivity contribution in [1.82, 2.24) is 10.2 Å². The second-order valence-corrected chi connectivity index (χ2v) is 8.84. The Morgan fingerprint density at radius 2 is 1.74 bits per heavy atom. The summed E-state index contributed by atoms with van der Waals surface area (Å²) in [6.45, 7) is 2.32. The van der Waals surface area contributed by atoms with E-state index in [2.05, 4.69) is 5.32 Å². The number of rotatable bonds is 8. The lowest BCUT2D eigenvalue weighted by molar-refractivity contribution is -0.139. The first-order chi connectivity index (χ1) is 15.0. The second kappa shape index (κ2) is 11.5. The van der Waals surface area contributed by atoms with Gasteiger partial charge in [0.15, 0.2) is 0 Å². The van der Waals surface area contributed by atoms with E-state index in [9.17, 15) is 9.59 Å². The molecule has 1 aliphatic carbocycles. The predicted octanol–water partition coefficient (Wildman–Crippen LogP) is 5.45. The van der Waals surface area contributed by atoms with Crippen LogP contribution in [-0.2, 0) is 16.0 Å². The number of carbonyl (C=O) groups excluding carboxylic acids is 2.